The third-order valence-corrected chi connectivity index (χ3v) is 6.10. The minimum atomic E-state index is -0.391. The molecule has 0 spiro atoms. The zero-order chi connectivity index (χ0) is 24.9. The molecular formula is C31H23ClN2O2. The average Bonchev–Trinajstić information content (AvgIpc) is 3.32. The van der Waals surface area contributed by atoms with Crippen molar-refractivity contribution in [2.45, 2.75) is 0 Å². The predicted octanol–water partition coefficient (Wildman–Crippen LogP) is 8.00. The van der Waals surface area contributed by atoms with Crippen molar-refractivity contribution < 1.29 is 9.53 Å². The van der Waals surface area contributed by atoms with Gasteiger partial charge < -0.3 is 9.30 Å². The van der Waals surface area contributed by atoms with Crippen LogP contribution in [-0.4, -0.2) is 23.9 Å². The second kappa shape index (κ2) is 10.5. The third kappa shape index (κ3) is 4.85. The van der Waals surface area contributed by atoms with Crippen LogP contribution in [0.4, 0.5) is 5.69 Å². The van der Waals surface area contributed by atoms with E-state index in [0.29, 0.717) is 16.3 Å². The van der Waals surface area contributed by atoms with Crippen molar-refractivity contribution >= 4 is 29.5 Å². The number of esters is 1. The zero-order valence-electron chi connectivity index (χ0n) is 19.6. The molecule has 0 aliphatic carbocycles. The average molecular weight is 491 g/mol. The molecule has 0 aliphatic heterocycles. The molecule has 5 heteroatoms. The van der Waals surface area contributed by atoms with Gasteiger partial charge in [0, 0.05) is 22.5 Å². The maximum Gasteiger partial charge on any atom is 0.337 e. The molecule has 0 saturated carbocycles. The van der Waals surface area contributed by atoms with Gasteiger partial charge in [0.15, 0.2) is 0 Å². The van der Waals surface area contributed by atoms with Crippen LogP contribution in [0, 0.1) is 0 Å². The number of aliphatic imine (C=N–C) groups is 1. The first-order chi connectivity index (χ1) is 17.6. The second-order valence-corrected chi connectivity index (χ2v) is 8.61. The number of nitrogens with zero attached hydrogens (tertiary/aromatic N) is 2. The van der Waals surface area contributed by atoms with Crippen LogP contribution in [-0.2, 0) is 4.74 Å². The summed E-state index contributed by atoms with van der Waals surface area (Å²) in [7, 11) is 1.37. The number of rotatable bonds is 6. The van der Waals surface area contributed by atoms with Crippen LogP contribution >= 0.6 is 11.6 Å². The van der Waals surface area contributed by atoms with Crippen LogP contribution < -0.4 is 0 Å². The quantitative estimate of drug-likeness (QED) is 0.179. The van der Waals surface area contributed by atoms with Crippen LogP contribution in [0.1, 0.15) is 15.9 Å². The summed E-state index contributed by atoms with van der Waals surface area (Å²) < 4.78 is 7.08. The van der Waals surface area contributed by atoms with Crippen molar-refractivity contribution in [3.05, 3.63) is 131 Å². The van der Waals surface area contributed by atoms with Crippen molar-refractivity contribution in [2.24, 2.45) is 4.99 Å². The monoisotopic (exact) mass is 490 g/mol. The summed E-state index contributed by atoms with van der Waals surface area (Å²) in [4.78, 5) is 16.7. The molecular weight excluding hydrogens is 468 g/mol. The Balaban J connectivity index is 1.72. The van der Waals surface area contributed by atoms with E-state index in [9.17, 15) is 4.79 Å². The topological polar surface area (TPSA) is 43.6 Å². The molecule has 1 aromatic heterocycles. The van der Waals surface area contributed by atoms with Gasteiger partial charge in [0.1, 0.15) is 0 Å². The molecule has 0 atom stereocenters. The van der Waals surface area contributed by atoms with Gasteiger partial charge in [0.2, 0.25) is 0 Å². The Morgan fingerprint density at radius 1 is 0.806 bits per heavy atom. The number of hydrogen-bond donors (Lipinski definition) is 0. The fraction of sp³-hybridized carbons (Fsp3) is 0.0323. The van der Waals surface area contributed by atoms with Gasteiger partial charge in [-0.2, -0.15) is 0 Å². The minimum absolute atomic E-state index is 0.391. The van der Waals surface area contributed by atoms with Gasteiger partial charge in [-0.05, 0) is 59.7 Å². The minimum Gasteiger partial charge on any atom is -0.465 e. The zero-order valence-corrected chi connectivity index (χ0v) is 20.4. The van der Waals surface area contributed by atoms with Gasteiger partial charge in [-0.25, -0.2) is 4.79 Å². The first kappa shape index (κ1) is 23.3. The molecule has 5 rings (SSSR count). The highest BCUT2D eigenvalue weighted by Crippen LogP contribution is 2.36. The third-order valence-electron chi connectivity index (χ3n) is 5.85. The van der Waals surface area contributed by atoms with Crippen LogP contribution in [0.3, 0.4) is 0 Å². The first-order valence-electron chi connectivity index (χ1n) is 11.5. The number of benzene rings is 4. The molecule has 0 N–H and O–H groups in total. The number of carbonyl (C=O) groups is 1. The highest BCUT2D eigenvalue weighted by atomic mass is 35.5. The Morgan fingerprint density at radius 3 is 2.14 bits per heavy atom. The molecule has 0 bridgehead atoms. The van der Waals surface area contributed by atoms with E-state index in [0.717, 1.165) is 33.8 Å². The number of ether oxygens (including phenoxy) is 1. The number of halogens is 1. The van der Waals surface area contributed by atoms with Gasteiger partial charge in [-0.15, -0.1) is 0 Å². The molecule has 5 aromatic rings. The summed E-state index contributed by atoms with van der Waals surface area (Å²) in [5.74, 6) is -0.391. The Kier molecular flexibility index (Phi) is 6.78. The van der Waals surface area contributed by atoms with Crippen molar-refractivity contribution in [3.63, 3.8) is 0 Å². The Hall–Kier alpha value is -4.41. The normalized spacial score (nSPS) is 11.1. The van der Waals surface area contributed by atoms with E-state index in [1.807, 2.05) is 72.9 Å². The Labute approximate surface area is 215 Å². The maximum atomic E-state index is 12.0. The van der Waals surface area contributed by atoms with Crippen LogP contribution in [0.2, 0.25) is 5.02 Å². The summed E-state index contributed by atoms with van der Waals surface area (Å²) in [6, 6.07) is 37.5. The number of methoxy groups -OCH3 is 1. The number of aromatic nitrogens is 1. The SMILES string of the molecule is COC(=O)c1cccc(N=Cc2cc(-c3ccccc3)n(-c3ccc(Cl)cc3)c2-c2ccccc2)c1. The molecule has 1 heterocycles. The maximum absolute atomic E-state index is 12.0. The second-order valence-electron chi connectivity index (χ2n) is 8.18. The lowest BCUT2D eigenvalue weighted by atomic mass is 10.1. The molecule has 4 aromatic carbocycles. The van der Waals surface area contributed by atoms with E-state index < -0.39 is 5.97 Å². The molecule has 176 valence electrons. The van der Waals surface area contributed by atoms with E-state index in [4.69, 9.17) is 21.3 Å². The summed E-state index contributed by atoms with van der Waals surface area (Å²) in [6.07, 6.45) is 1.84. The molecule has 0 aliphatic rings. The lowest BCUT2D eigenvalue weighted by molar-refractivity contribution is 0.0601. The van der Waals surface area contributed by atoms with E-state index >= 15 is 0 Å². The molecule has 36 heavy (non-hydrogen) atoms. The van der Waals surface area contributed by atoms with Gasteiger partial charge in [-0.1, -0.05) is 78.3 Å². The fourth-order valence-corrected chi connectivity index (χ4v) is 4.30. The predicted molar refractivity (Wildman–Crippen MR) is 147 cm³/mol. The van der Waals surface area contributed by atoms with Crippen molar-refractivity contribution in [1.29, 1.82) is 0 Å². The van der Waals surface area contributed by atoms with Gasteiger partial charge in [0.05, 0.1) is 29.7 Å². The van der Waals surface area contributed by atoms with Crippen LogP contribution in [0.25, 0.3) is 28.2 Å². The molecule has 4 nitrogen and oxygen atoms in total. The molecule has 0 amide bonds. The van der Waals surface area contributed by atoms with Crippen molar-refractivity contribution in [3.8, 4) is 28.2 Å². The molecule has 0 fully saturated rings. The fourth-order valence-electron chi connectivity index (χ4n) is 4.17. The highest BCUT2D eigenvalue weighted by Gasteiger charge is 2.18. The standard InChI is InChI=1S/C31H23ClN2O2/c1-36-31(35)24-13-8-14-27(19-24)33-21-25-20-29(22-9-4-2-5-10-22)34(28-17-15-26(32)16-18-28)30(25)23-11-6-3-7-12-23/h2-21H,1H3. The van der Waals surface area contributed by atoms with Gasteiger partial charge in [-0.3, -0.25) is 4.99 Å². The van der Waals surface area contributed by atoms with E-state index in [-0.39, 0.29) is 0 Å². The smallest absolute Gasteiger partial charge is 0.337 e. The highest BCUT2D eigenvalue weighted by molar-refractivity contribution is 6.30. The first-order valence-corrected chi connectivity index (χ1v) is 11.9. The van der Waals surface area contributed by atoms with Crippen molar-refractivity contribution in [1.82, 2.24) is 4.57 Å². The summed E-state index contributed by atoms with van der Waals surface area (Å²) in [5, 5.41) is 0.681. The van der Waals surface area contributed by atoms with Crippen LogP contribution in [0.15, 0.2) is 120 Å². The van der Waals surface area contributed by atoms with Crippen LogP contribution in [0.5, 0.6) is 0 Å². The Bertz CT molecular complexity index is 1520. The molecule has 0 saturated heterocycles. The number of hydrogen-bond acceptors (Lipinski definition) is 3. The van der Waals surface area contributed by atoms with E-state index in [1.54, 1.807) is 18.2 Å². The van der Waals surface area contributed by atoms with Crippen molar-refractivity contribution in [2.75, 3.05) is 7.11 Å². The van der Waals surface area contributed by atoms with E-state index in [2.05, 4.69) is 34.9 Å². The van der Waals surface area contributed by atoms with Gasteiger partial charge >= 0.3 is 5.97 Å². The lowest BCUT2D eigenvalue weighted by Crippen LogP contribution is -2.00. The lowest BCUT2D eigenvalue weighted by Gasteiger charge is -2.15. The summed E-state index contributed by atoms with van der Waals surface area (Å²) >= 11 is 6.22. The van der Waals surface area contributed by atoms with E-state index in [1.165, 1.54) is 7.11 Å². The molecule has 0 unspecified atom stereocenters. The van der Waals surface area contributed by atoms with Gasteiger partial charge in [0.25, 0.3) is 0 Å². The molecule has 0 radical (unpaired) electrons. The number of carbonyl (C=O) groups excluding carboxylic acids is 1. The summed E-state index contributed by atoms with van der Waals surface area (Å²) in [5.41, 5.74) is 7.22. The Morgan fingerprint density at radius 2 is 1.47 bits per heavy atom. The summed E-state index contributed by atoms with van der Waals surface area (Å²) in [6.45, 7) is 0. The largest absolute Gasteiger partial charge is 0.465 e.